The monoisotopic (exact) mass is 427 g/mol. The summed E-state index contributed by atoms with van der Waals surface area (Å²) in [5, 5.41) is 4.52. The van der Waals surface area contributed by atoms with Crippen molar-refractivity contribution in [3.05, 3.63) is 64.6 Å². The van der Waals surface area contributed by atoms with Crippen LogP contribution >= 0.6 is 15.9 Å². The first-order valence-electron chi connectivity index (χ1n) is 8.20. The Hall–Kier alpha value is -2.93. The molecule has 0 spiro atoms. The maximum Gasteiger partial charge on any atom is 0.411 e. The molecular formula is C20H15BrFN3O2. The van der Waals surface area contributed by atoms with Crippen molar-refractivity contribution in [2.24, 2.45) is 0 Å². The van der Waals surface area contributed by atoms with Crippen LogP contribution in [-0.4, -0.2) is 22.6 Å². The van der Waals surface area contributed by atoms with Crippen LogP contribution in [0, 0.1) is 12.7 Å². The molecule has 0 unspecified atom stereocenters. The zero-order chi connectivity index (χ0) is 19.1. The number of nitrogens with zero attached hydrogens (tertiary/aromatic N) is 2. The average molecular weight is 428 g/mol. The van der Waals surface area contributed by atoms with E-state index in [-0.39, 0.29) is 5.82 Å². The molecule has 2 aromatic heterocycles. The van der Waals surface area contributed by atoms with Gasteiger partial charge in [0.25, 0.3) is 0 Å². The fourth-order valence-corrected chi connectivity index (χ4v) is 3.69. The Balaban J connectivity index is 1.93. The van der Waals surface area contributed by atoms with Crippen LogP contribution in [-0.2, 0) is 4.74 Å². The standard InChI is InChI=1S/C20H15BrFN3O2/c1-11-9-13(22)4-6-15(11)17-18(21)25-8-7-12-3-5-14(23-20(26)27-2)10-16(12)19(25)24-17/h3-10H,1-2H3,(H,23,26). The third-order valence-electron chi connectivity index (χ3n) is 4.43. The van der Waals surface area contributed by atoms with E-state index in [1.165, 1.54) is 19.2 Å². The lowest BCUT2D eigenvalue weighted by molar-refractivity contribution is 0.187. The molecule has 0 aliphatic rings. The molecule has 2 heterocycles. The summed E-state index contributed by atoms with van der Waals surface area (Å²) in [6.07, 6.45) is 1.39. The molecule has 0 atom stereocenters. The third-order valence-corrected chi connectivity index (χ3v) is 5.18. The Morgan fingerprint density at radius 2 is 2.04 bits per heavy atom. The summed E-state index contributed by atoms with van der Waals surface area (Å²) in [6.45, 7) is 1.85. The number of hydrogen-bond acceptors (Lipinski definition) is 3. The molecular weight excluding hydrogens is 413 g/mol. The second kappa shape index (κ2) is 6.66. The molecule has 7 heteroatoms. The van der Waals surface area contributed by atoms with E-state index >= 15 is 0 Å². The highest BCUT2D eigenvalue weighted by Gasteiger charge is 2.16. The number of benzene rings is 2. The maximum absolute atomic E-state index is 13.5. The number of methoxy groups -OCH3 is 1. The highest BCUT2D eigenvalue weighted by molar-refractivity contribution is 9.10. The minimum absolute atomic E-state index is 0.278. The van der Waals surface area contributed by atoms with E-state index < -0.39 is 6.09 Å². The van der Waals surface area contributed by atoms with Crippen LogP contribution in [0.25, 0.3) is 27.7 Å². The Morgan fingerprint density at radius 3 is 2.78 bits per heavy atom. The van der Waals surface area contributed by atoms with Crippen LogP contribution < -0.4 is 5.32 Å². The molecule has 5 nitrogen and oxygen atoms in total. The van der Waals surface area contributed by atoms with Gasteiger partial charge in [-0.3, -0.25) is 9.72 Å². The number of ether oxygens (including phenoxy) is 1. The minimum atomic E-state index is -0.534. The molecule has 0 aliphatic carbocycles. The summed E-state index contributed by atoms with van der Waals surface area (Å²) >= 11 is 3.61. The normalized spacial score (nSPS) is 11.1. The number of fused-ring (bicyclic) bond motifs is 3. The van der Waals surface area contributed by atoms with Crippen LogP contribution in [0.3, 0.4) is 0 Å². The highest BCUT2D eigenvalue weighted by Crippen LogP contribution is 2.34. The van der Waals surface area contributed by atoms with Crippen molar-refractivity contribution in [1.29, 1.82) is 0 Å². The molecule has 0 fully saturated rings. The fourth-order valence-electron chi connectivity index (χ4n) is 3.10. The first kappa shape index (κ1) is 17.5. The maximum atomic E-state index is 13.5. The molecule has 0 radical (unpaired) electrons. The van der Waals surface area contributed by atoms with E-state index in [9.17, 15) is 9.18 Å². The van der Waals surface area contributed by atoms with Gasteiger partial charge in [0.1, 0.15) is 21.8 Å². The van der Waals surface area contributed by atoms with Crippen LogP contribution in [0.2, 0.25) is 0 Å². The van der Waals surface area contributed by atoms with Gasteiger partial charge in [-0.05, 0) is 70.2 Å². The molecule has 136 valence electrons. The Morgan fingerprint density at radius 1 is 1.22 bits per heavy atom. The smallest absolute Gasteiger partial charge is 0.411 e. The van der Waals surface area contributed by atoms with Gasteiger partial charge in [0.05, 0.1) is 7.11 Å². The summed E-state index contributed by atoms with van der Waals surface area (Å²) in [7, 11) is 1.32. The van der Waals surface area contributed by atoms with E-state index in [2.05, 4.69) is 26.0 Å². The number of carbonyl (C=O) groups excluding carboxylic acids is 1. The average Bonchev–Trinajstić information content (AvgIpc) is 2.98. The van der Waals surface area contributed by atoms with Crippen molar-refractivity contribution < 1.29 is 13.9 Å². The van der Waals surface area contributed by atoms with Gasteiger partial charge in [0.2, 0.25) is 0 Å². The quantitative estimate of drug-likeness (QED) is 0.456. The van der Waals surface area contributed by atoms with Gasteiger partial charge in [-0.1, -0.05) is 6.07 Å². The van der Waals surface area contributed by atoms with E-state index in [1.807, 2.05) is 35.7 Å². The van der Waals surface area contributed by atoms with Gasteiger partial charge in [0, 0.05) is 22.8 Å². The summed E-state index contributed by atoms with van der Waals surface area (Å²) in [5.41, 5.74) is 3.72. The number of halogens is 2. The van der Waals surface area contributed by atoms with Crippen molar-refractivity contribution in [1.82, 2.24) is 9.38 Å². The van der Waals surface area contributed by atoms with Gasteiger partial charge in [-0.2, -0.15) is 0 Å². The lowest BCUT2D eigenvalue weighted by Crippen LogP contribution is -2.10. The van der Waals surface area contributed by atoms with Crippen molar-refractivity contribution in [2.45, 2.75) is 6.92 Å². The first-order chi connectivity index (χ1) is 13.0. The number of carbonyl (C=O) groups is 1. The molecule has 4 aromatic rings. The molecule has 2 aromatic carbocycles. The number of aryl methyl sites for hydroxylation is 1. The second-order valence-corrected chi connectivity index (χ2v) is 6.89. The number of hydrogen-bond donors (Lipinski definition) is 1. The van der Waals surface area contributed by atoms with Gasteiger partial charge in [0.15, 0.2) is 0 Å². The van der Waals surface area contributed by atoms with Gasteiger partial charge < -0.3 is 4.74 Å². The number of aromatic nitrogens is 2. The Labute approximate surface area is 162 Å². The van der Waals surface area contributed by atoms with Crippen molar-refractivity contribution >= 4 is 44.1 Å². The molecule has 27 heavy (non-hydrogen) atoms. The van der Waals surface area contributed by atoms with Gasteiger partial charge in [-0.25, -0.2) is 14.2 Å². The SMILES string of the molecule is COC(=O)Nc1ccc2ccn3c(Br)c(-c4ccc(F)cc4C)nc3c2c1. The van der Waals surface area contributed by atoms with Crippen molar-refractivity contribution in [2.75, 3.05) is 12.4 Å². The number of pyridine rings is 1. The fraction of sp³-hybridized carbons (Fsp3) is 0.100. The number of nitrogens with one attached hydrogen (secondary N) is 1. The Bertz CT molecular complexity index is 1200. The lowest BCUT2D eigenvalue weighted by Gasteiger charge is -2.06. The molecule has 0 bridgehead atoms. The predicted molar refractivity (Wildman–Crippen MR) is 107 cm³/mol. The van der Waals surface area contributed by atoms with Crippen LogP contribution in [0.15, 0.2) is 53.3 Å². The van der Waals surface area contributed by atoms with Gasteiger partial charge >= 0.3 is 6.09 Å². The summed E-state index contributed by atoms with van der Waals surface area (Å²) in [5.74, 6) is -0.278. The summed E-state index contributed by atoms with van der Waals surface area (Å²) in [6, 6.07) is 12.2. The number of imidazole rings is 1. The molecule has 1 amide bonds. The van der Waals surface area contributed by atoms with Crippen LogP contribution in [0.4, 0.5) is 14.9 Å². The number of rotatable bonds is 2. The second-order valence-electron chi connectivity index (χ2n) is 6.14. The van der Waals surface area contributed by atoms with E-state index in [1.54, 1.807) is 12.1 Å². The Kier molecular flexibility index (Phi) is 4.31. The predicted octanol–water partition coefficient (Wildman–Crippen LogP) is 5.54. The van der Waals surface area contributed by atoms with Crippen LogP contribution in [0.5, 0.6) is 0 Å². The number of amides is 1. The first-order valence-corrected chi connectivity index (χ1v) is 8.99. The van der Waals surface area contributed by atoms with Gasteiger partial charge in [-0.15, -0.1) is 0 Å². The summed E-state index contributed by atoms with van der Waals surface area (Å²) < 4.78 is 20.8. The highest BCUT2D eigenvalue weighted by atomic mass is 79.9. The molecule has 1 N–H and O–H groups in total. The van der Waals surface area contributed by atoms with Crippen molar-refractivity contribution in [3.8, 4) is 11.3 Å². The zero-order valence-electron chi connectivity index (χ0n) is 14.6. The van der Waals surface area contributed by atoms with E-state index in [0.717, 1.165) is 37.8 Å². The minimum Gasteiger partial charge on any atom is -0.453 e. The summed E-state index contributed by atoms with van der Waals surface area (Å²) in [4.78, 5) is 16.3. The topological polar surface area (TPSA) is 55.6 Å². The van der Waals surface area contributed by atoms with E-state index in [4.69, 9.17) is 4.98 Å². The zero-order valence-corrected chi connectivity index (χ0v) is 16.2. The van der Waals surface area contributed by atoms with E-state index in [0.29, 0.717) is 5.69 Å². The molecule has 0 aliphatic heterocycles. The molecule has 0 saturated heterocycles. The van der Waals surface area contributed by atoms with Crippen LogP contribution in [0.1, 0.15) is 5.56 Å². The number of anilines is 1. The molecule has 4 rings (SSSR count). The third kappa shape index (κ3) is 3.04. The molecule has 0 saturated carbocycles. The lowest BCUT2D eigenvalue weighted by atomic mass is 10.1. The largest absolute Gasteiger partial charge is 0.453 e. The van der Waals surface area contributed by atoms with Crippen molar-refractivity contribution in [3.63, 3.8) is 0 Å².